The van der Waals surface area contributed by atoms with E-state index in [2.05, 4.69) is 44.3 Å². The topological polar surface area (TPSA) is 68.0 Å². The first-order valence-corrected chi connectivity index (χ1v) is 10.8. The van der Waals surface area contributed by atoms with Crippen molar-refractivity contribution < 1.29 is 0 Å². The first-order chi connectivity index (χ1) is 14.7. The molecule has 1 N–H and O–H groups in total. The molecule has 0 aliphatic carbocycles. The normalized spacial score (nSPS) is 11.7. The zero-order chi connectivity index (χ0) is 20.9. The van der Waals surface area contributed by atoms with Gasteiger partial charge in [0, 0.05) is 11.9 Å². The van der Waals surface area contributed by atoms with Crippen molar-refractivity contribution in [1.29, 1.82) is 0 Å². The third kappa shape index (κ3) is 4.40. The summed E-state index contributed by atoms with van der Waals surface area (Å²) in [7, 11) is 0. The van der Waals surface area contributed by atoms with Crippen LogP contribution in [-0.2, 0) is 6.54 Å². The van der Waals surface area contributed by atoms with Crippen LogP contribution in [0.2, 0.25) is 10.0 Å². The monoisotopic (exact) mass is 440 g/mol. The minimum absolute atomic E-state index is 0.344. The summed E-state index contributed by atoms with van der Waals surface area (Å²) in [4.78, 5) is 4.69. The number of hydrazone groups is 1. The molecule has 0 unspecified atom stereocenters. The smallest absolute Gasteiger partial charge is 0.265 e. The van der Waals surface area contributed by atoms with Crippen LogP contribution in [0, 0.1) is 0 Å². The lowest BCUT2D eigenvalue weighted by atomic mass is 10.2. The SMILES string of the molecule is CCCCCCn1c2ccccc2c2nnc(N/N=C/c3ccc(Cl)c(Cl)c3)nc21. The largest absolute Gasteiger partial charge is 0.324 e. The summed E-state index contributed by atoms with van der Waals surface area (Å²) in [5.74, 6) is 0.344. The maximum Gasteiger partial charge on any atom is 0.265 e. The molecule has 2 aromatic heterocycles. The molecule has 4 rings (SSSR count). The number of hydrogen-bond donors (Lipinski definition) is 1. The Hall–Kier alpha value is -2.70. The zero-order valence-corrected chi connectivity index (χ0v) is 18.2. The molecule has 2 aromatic carbocycles. The number of benzene rings is 2. The number of anilines is 1. The van der Waals surface area contributed by atoms with Gasteiger partial charge in [0.25, 0.3) is 5.95 Å². The molecule has 2 heterocycles. The Morgan fingerprint density at radius 3 is 2.73 bits per heavy atom. The number of aryl methyl sites for hydroxylation is 1. The molecule has 0 amide bonds. The van der Waals surface area contributed by atoms with Crippen LogP contribution in [0.25, 0.3) is 22.1 Å². The summed E-state index contributed by atoms with van der Waals surface area (Å²) in [6.07, 6.45) is 6.38. The van der Waals surface area contributed by atoms with Gasteiger partial charge in [-0.1, -0.05) is 73.7 Å². The lowest BCUT2D eigenvalue weighted by Gasteiger charge is -2.06. The summed E-state index contributed by atoms with van der Waals surface area (Å²) < 4.78 is 2.23. The molecule has 0 bridgehead atoms. The number of hydrogen-bond acceptors (Lipinski definition) is 5. The second kappa shape index (κ2) is 9.41. The molecule has 8 heteroatoms. The average molecular weight is 441 g/mol. The van der Waals surface area contributed by atoms with E-state index in [1.807, 2.05) is 18.2 Å². The van der Waals surface area contributed by atoms with Gasteiger partial charge in [0.2, 0.25) is 0 Å². The van der Waals surface area contributed by atoms with Gasteiger partial charge in [-0.2, -0.15) is 10.1 Å². The quantitative estimate of drug-likeness (QED) is 0.198. The first-order valence-electron chi connectivity index (χ1n) is 10.0. The van der Waals surface area contributed by atoms with Crippen LogP contribution in [0.4, 0.5) is 5.95 Å². The van der Waals surface area contributed by atoms with Gasteiger partial charge in [-0.25, -0.2) is 5.43 Å². The van der Waals surface area contributed by atoms with Crippen LogP contribution < -0.4 is 5.43 Å². The fourth-order valence-corrected chi connectivity index (χ4v) is 3.74. The molecule has 154 valence electrons. The Labute approximate surface area is 184 Å². The van der Waals surface area contributed by atoms with Crippen molar-refractivity contribution in [1.82, 2.24) is 19.7 Å². The molecule has 0 fully saturated rings. The Morgan fingerprint density at radius 2 is 1.90 bits per heavy atom. The van der Waals surface area contributed by atoms with Crippen LogP contribution >= 0.6 is 23.2 Å². The number of unbranched alkanes of at least 4 members (excludes halogenated alkanes) is 3. The van der Waals surface area contributed by atoms with E-state index in [-0.39, 0.29) is 0 Å². The first kappa shape index (κ1) is 20.6. The van der Waals surface area contributed by atoms with Crippen molar-refractivity contribution in [3.63, 3.8) is 0 Å². The Kier molecular flexibility index (Phi) is 6.45. The average Bonchev–Trinajstić information content (AvgIpc) is 3.07. The molecule has 0 aliphatic heterocycles. The maximum absolute atomic E-state index is 6.04. The summed E-state index contributed by atoms with van der Waals surface area (Å²) in [6, 6.07) is 13.5. The highest BCUT2D eigenvalue weighted by molar-refractivity contribution is 6.42. The van der Waals surface area contributed by atoms with Gasteiger partial charge in [0.05, 0.1) is 21.8 Å². The summed E-state index contributed by atoms with van der Waals surface area (Å²) in [5.41, 5.74) is 6.43. The van der Waals surface area contributed by atoms with Crippen molar-refractivity contribution in [2.24, 2.45) is 5.10 Å². The van der Waals surface area contributed by atoms with E-state index in [0.29, 0.717) is 16.0 Å². The molecule has 4 aromatic rings. The van der Waals surface area contributed by atoms with Crippen LogP contribution in [0.15, 0.2) is 47.6 Å². The van der Waals surface area contributed by atoms with Gasteiger partial charge in [-0.15, -0.1) is 10.2 Å². The molecule has 0 radical (unpaired) electrons. The highest BCUT2D eigenvalue weighted by Gasteiger charge is 2.14. The van der Waals surface area contributed by atoms with E-state index >= 15 is 0 Å². The van der Waals surface area contributed by atoms with E-state index in [1.165, 1.54) is 19.3 Å². The highest BCUT2D eigenvalue weighted by atomic mass is 35.5. The third-order valence-corrected chi connectivity index (χ3v) is 5.67. The number of para-hydroxylation sites is 1. The number of nitrogens with zero attached hydrogens (tertiary/aromatic N) is 5. The molecule has 0 spiro atoms. The minimum Gasteiger partial charge on any atom is -0.324 e. The van der Waals surface area contributed by atoms with Crippen molar-refractivity contribution in [2.75, 3.05) is 5.43 Å². The second-order valence-electron chi connectivity index (χ2n) is 7.08. The van der Waals surface area contributed by atoms with Crippen molar-refractivity contribution in [3.05, 3.63) is 58.1 Å². The molecule has 0 saturated carbocycles. The molecule has 0 aliphatic rings. The Bertz CT molecular complexity index is 1200. The number of nitrogens with one attached hydrogen (secondary N) is 1. The summed E-state index contributed by atoms with van der Waals surface area (Å²) >= 11 is 12.0. The Morgan fingerprint density at radius 1 is 1.03 bits per heavy atom. The van der Waals surface area contributed by atoms with E-state index in [4.69, 9.17) is 28.2 Å². The zero-order valence-electron chi connectivity index (χ0n) is 16.6. The van der Waals surface area contributed by atoms with Gasteiger partial charge < -0.3 is 4.57 Å². The summed E-state index contributed by atoms with van der Waals surface area (Å²) in [5, 5.41) is 14.9. The number of fused-ring (bicyclic) bond motifs is 3. The molecule has 30 heavy (non-hydrogen) atoms. The van der Waals surface area contributed by atoms with Crippen molar-refractivity contribution in [3.8, 4) is 0 Å². The van der Waals surface area contributed by atoms with Crippen LogP contribution in [-0.4, -0.2) is 26.0 Å². The Balaban J connectivity index is 1.61. The fourth-order valence-electron chi connectivity index (χ4n) is 3.43. The van der Waals surface area contributed by atoms with E-state index in [0.717, 1.165) is 40.6 Å². The minimum atomic E-state index is 0.344. The standard InChI is InChI=1S/C22H22Cl2N6/c1-2-3-4-7-12-30-19-9-6-5-8-16(19)20-21(30)26-22(29-27-20)28-25-14-15-10-11-17(23)18(24)13-15/h5-6,8-11,13-14H,2-4,7,12H2,1H3,(H,26,28,29)/b25-14+. The molecule has 0 atom stereocenters. The second-order valence-corrected chi connectivity index (χ2v) is 7.90. The van der Waals surface area contributed by atoms with Gasteiger partial charge in [-0.05, 0) is 30.2 Å². The summed E-state index contributed by atoms with van der Waals surface area (Å²) in [6.45, 7) is 3.11. The lowest BCUT2D eigenvalue weighted by Crippen LogP contribution is -2.03. The van der Waals surface area contributed by atoms with E-state index in [9.17, 15) is 0 Å². The number of halogens is 2. The van der Waals surface area contributed by atoms with Crippen molar-refractivity contribution in [2.45, 2.75) is 39.2 Å². The number of rotatable bonds is 8. The molecule has 0 saturated heterocycles. The highest BCUT2D eigenvalue weighted by Crippen LogP contribution is 2.27. The molecular formula is C22H22Cl2N6. The van der Waals surface area contributed by atoms with Crippen LogP contribution in [0.1, 0.15) is 38.2 Å². The van der Waals surface area contributed by atoms with Gasteiger partial charge in [0.1, 0.15) is 5.52 Å². The van der Waals surface area contributed by atoms with Gasteiger partial charge in [0.15, 0.2) is 5.65 Å². The molecule has 6 nitrogen and oxygen atoms in total. The predicted octanol–water partition coefficient (Wildman–Crippen LogP) is 6.31. The van der Waals surface area contributed by atoms with E-state index in [1.54, 1.807) is 18.3 Å². The molecular weight excluding hydrogens is 419 g/mol. The van der Waals surface area contributed by atoms with Gasteiger partial charge in [-0.3, -0.25) is 0 Å². The fraction of sp³-hybridized carbons (Fsp3) is 0.273. The van der Waals surface area contributed by atoms with Crippen LogP contribution in [0.3, 0.4) is 0 Å². The van der Waals surface area contributed by atoms with Crippen LogP contribution in [0.5, 0.6) is 0 Å². The van der Waals surface area contributed by atoms with E-state index < -0.39 is 0 Å². The third-order valence-electron chi connectivity index (χ3n) is 4.93. The number of aromatic nitrogens is 4. The maximum atomic E-state index is 6.04. The lowest BCUT2D eigenvalue weighted by molar-refractivity contribution is 0.600. The predicted molar refractivity (Wildman–Crippen MR) is 125 cm³/mol. The van der Waals surface area contributed by atoms with Crippen molar-refractivity contribution >= 4 is 57.4 Å². The van der Waals surface area contributed by atoms with Gasteiger partial charge >= 0.3 is 0 Å².